The summed E-state index contributed by atoms with van der Waals surface area (Å²) in [5.41, 5.74) is -0.570. The molecule has 0 spiro atoms. The molecule has 2 rings (SSSR count). The van der Waals surface area contributed by atoms with Crippen LogP contribution in [0.2, 0.25) is 0 Å². The molecule has 0 aromatic carbocycles. The Hall–Kier alpha value is -1.16. The predicted octanol–water partition coefficient (Wildman–Crippen LogP) is 3.30. The molecule has 1 amide bonds. The zero-order chi connectivity index (χ0) is 21.4. The second-order valence-corrected chi connectivity index (χ2v) is 9.46. The largest absolute Gasteiger partial charge is 0.408 e. The second kappa shape index (κ2) is 12.6. The van der Waals surface area contributed by atoms with Gasteiger partial charge in [0.1, 0.15) is 6.04 Å². The summed E-state index contributed by atoms with van der Waals surface area (Å²) < 4.78 is 11.2. The Morgan fingerprint density at radius 1 is 1.30 bits per heavy atom. The molecule has 1 aliphatic carbocycles. The second-order valence-electron chi connectivity index (χ2n) is 8.42. The average molecular weight is 463 g/mol. The van der Waals surface area contributed by atoms with E-state index >= 15 is 0 Å². The molecule has 1 atom stereocenters. The molecule has 0 saturated heterocycles. The first-order valence-corrected chi connectivity index (χ1v) is 11.2. The van der Waals surface area contributed by atoms with E-state index < -0.39 is 11.6 Å². The number of ketones is 1. The molecule has 0 bridgehead atoms. The molecule has 1 aromatic heterocycles. The van der Waals surface area contributed by atoms with Crippen molar-refractivity contribution in [3.05, 3.63) is 5.89 Å². The van der Waals surface area contributed by atoms with Gasteiger partial charge in [-0.3, -0.25) is 9.59 Å². The summed E-state index contributed by atoms with van der Waals surface area (Å²) in [6.45, 7) is 4.68. The summed E-state index contributed by atoms with van der Waals surface area (Å²) >= 11 is 1.42. The van der Waals surface area contributed by atoms with E-state index in [0.717, 1.165) is 44.4 Å². The number of amides is 1. The third-order valence-electron chi connectivity index (χ3n) is 5.40. The van der Waals surface area contributed by atoms with Gasteiger partial charge in [0.25, 0.3) is 11.1 Å². The van der Waals surface area contributed by atoms with Crippen LogP contribution in [0.1, 0.15) is 63.1 Å². The van der Waals surface area contributed by atoms with Crippen molar-refractivity contribution in [1.29, 1.82) is 0 Å². The van der Waals surface area contributed by atoms with Crippen molar-refractivity contribution >= 4 is 36.4 Å². The van der Waals surface area contributed by atoms with Crippen LogP contribution in [0.3, 0.4) is 0 Å². The van der Waals surface area contributed by atoms with Crippen molar-refractivity contribution < 1.29 is 18.7 Å². The number of Topliss-reactive ketones (excluding diaryl/α,β-unsaturated/α-hetero) is 1. The molecule has 1 unspecified atom stereocenters. The first kappa shape index (κ1) is 26.9. The zero-order valence-corrected chi connectivity index (χ0v) is 20.3. The number of nitrogens with zero attached hydrogens (tertiary/aromatic N) is 4. The Morgan fingerprint density at radius 2 is 1.97 bits per heavy atom. The normalized spacial score (nSPS) is 16.2. The fourth-order valence-electron chi connectivity index (χ4n) is 3.50. The maximum atomic E-state index is 13.3. The van der Waals surface area contributed by atoms with Gasteiger partial charge >= 0.3 is 0 Å². The van der Waals surface area contributed by atoms with Gasteiger partial charge in [0.2, 0.25) is 12.2 Å². The molecular weight excluding hydrogens is 428 g/mol. The highest BCUT2D eigenvalue weighted by atomic mass is 35.5. The summed E-state index contributed by atoms with van der Waals surface area (Å²) in [5.74, 6) is 0.419. The minimum absolute atomic E-state index is 0. The number of rotatable bonds is 12. The maximum Gasteiger partial charge on any atom is 0.286 e. The lowest BCUT2D eigenvalue weighted by molar-refractivity contribution is -0.124. The van der Waals surface area contributed by atoms with Crippen LogP contribution in [0, 0.1) is 0 Å². The van der Waals surface area contributed by atoms with Crippen LogP contribution in [0.25, 0.3) is 0 Å². The lowest BCUT2D eigenvalue weighted by Crippen LogP contribution is -2.50. The van der Waals surface area contributed by atoms with Gasteiger partial charge in [-0.15, -0.1) is 22.6 Å². The Balaban J connectivity index is 0.00000450. The molecule has 1 fully saturated rings. The predicted molar refractivity (Wildman–Crippen MR) is 119 cm³/mol. The summed E-state index contributed by atoms with van der Waals surface area (Å²) in [6.07, 6.45) is 6.28. The fourth-order valence-corrected chi connectivity index (χ4v) is 4.37. The average Bonchev–Trinajstić information content (AvgIpc) is 3.16. The van der Waals surface area contributed by atoms with Crippen LogP contribution in [0.15, 0.2) is 9.64 Å². The third kappa shape index (κ3) is 7.83. The highest BCUT2D eigenvalue weighted by molar-refractivity contribution is 7.99. The molecule has 8 nitrogen and oxygen atoms in total. The molecule has 1 heterocycles. The third-order valence-corrected chi connectivity index (χ3v) is 6.20. The van der Waals surface area contributed by atoms with Gasteiger partial charge < -0.3 is 19.0 Å². The number of thioether (sulfide) groups is 1. The Labute approximate surface area is 189 Å². The Bertz CT molecular complexity index is 665. The van der Waals surface area contributed by atoms with E-state index in [4.69, 9.17) is 9.15 Å². The minimum atomic E-state index is -0.689. The number of ether oxygens (including phenoxy) is 1. The summed E-state index contributed by atoms with van der Waals surface area (Å²) in [5, 5.41) is 8.34. The molecule has 1 aromatic rings. The van der Waals surface area contributed by atoms with E-state index in [1.165, 1.54) is 18.2 Å². The van der Waals surface area contributed by atoms with Crippen molar-refractivity contribution in [2.45, 2.75) is 75.3 Å². The molecule has 172 valence electrons. The molecule has 0 N–H and O–H groups in total. The van der Waals surface area contributed by atoms with Gasteiger partial charge in [-0.1, -0.05) is 31.0 Å². The van der Waals surface area contributed by atoms with E-state index in [0.29, 0.717) is 11.6 Å². The first-order chi connectivity index (χ1) is 13.8. The van der Waals surface area contributed by atoms with E-state index in [2.05, 4.69) is 15.1 Å². The van der Waals surface area contributed by atoms with Crippen molar-refractivity contribution in [1.82, 2.24) is 20.0 Å². The maximum absolute atomic E-state index is 13.3. The molecule has 0 radical (unpaired) electrons. The fraction of sp³-hybridized carbons (Fsp3) is 0.800. The summed E-state index contributed by atoms with van der Waals surface area (Å²) in [4.78, 5) is 29.0. The van der Waals surface area contributed by atoms with E-state index in [9.17, 15) is 9.59 Å². The Kier molecular flexibility index (Phi) is 11.3. The molecule has 10 heteroatoms. The molecule has 1 saturated carbocycles. The van der Waals surface area contributed by atoms with E-state index in [1.54, 1.807) is 12.0 Å². The lowest BCUT2D eigenvalue weighted by atomic mass is 9.89. The SMILES string of the molecule is COC(C)(C)CC(C(=O)c1nnc(SCCN(C)C)o1)N(C=O)C1CCCCC1.Cl. The van der Waals surface area contributed by atoms with E-state index in [1.807, 2.05) is 27.9 Å². The van der Waals surface area contributed by atoms with Crippen LogP contribution in [-0.4, -0.2) is 83.4 Å². The molecule has 30 heavy (non-hydrogen) atoms. The van der Waals surface area contributed by atoms with Gasteiger partial charge in [-0.25, -0.2) is 0 Å². The van der Waals surface area contributed by atoms with Crippen molar-refractivity contribution in [3.8, 4) is 0 Å². The van der Waals surface area contributed by atoms with Gasteiger partial charge in [0, 0.05) is 31.9 Å². The minimum Gasteiger partial charge on any atom is -0.408 e. The van der Waals surface area contributed by atoms with E-state index in [-0.39, 0.29) is 30.1 Å². The summed E-state index contributed by atoms with van der Waals surface area (Å²) in [6, 6.07) is -0.634. The van der Waals surface area contributed by atoms with Crippen molar-refractivity contribution in [2.24, 2.45) is 0 Å². The molecular formula is C20H35ClN4O4S. The van der Waals surface area contributed by atoms with Crippen LogP contribution < -0.4 is 0 Å². The highest BCUT2D eigenvalue weighted by Gasteiger charge is 2.38. The van der Waals surface area contributed by atoms with Crippen LogP contribution in [0.5, 0.6) is 0 Å². The van der Waals surface area contributed by atoms with Gasteiger partial charge in [-0.05, 0) is 40.8 Å². The number of carbonyl (C=O) groups excluding carboxylic acids is 2. The van der Waals surface area contributed by atoms with Crippen LogP contribution in [0.4, 0.5) is 0 Å². The van der Waals surface area contributed by atoms with Crippen molar-refractivity contribution in [3.63, 3.8) is 0 Å². The molecule has 1 aliphatic rings. The van der Waals surface area contributed by atoms with Crippen molar-refractivity contribution in [2.75, 3.05) is 33.5 Å². The van der Waals surface area contributed by atoms with Gasteiger partial charge in [-0.2, -0.15) is 0 Å². The number of halogens is 1. The van der Waals surface area contributed by atoms with Crippen LogP contribution in [-0.2, 0) is 9.53 Å². The monoisotopic (exact) mass is 462 g/mol. The quantitative estimate of drug-likeness (QED) is 0.265. The number of methoxy groups -OCH3 is 1. The summed E-state index contributed by atoms with van der Waals surface area (Å²) in [7, 11) is 5.59. The first-order valence-electron chi connectivity index (χ1n) is 10.2. The smallest absolute Gasteiger partial charge is 0.286 e. The number of carbonyl (C=O) groups is 2. The lowest BCUT2D eigenvalue weighted by Gasteiger charge is -2.39. The number of hydrogen-bond donors (Lipinski definition) is 0. The topological polar surface area (TPSA) is 88.8 Å². The van der Waals surface area contributed by atoms with Gasteiger partial charge in [0.05, 0.1) is 5.60 Å². The Morgan fingerprint density at radius 3 is 2.53 bits per heavy atom. The van der Waals surface area contributed by atoms with Gasteiger partial charge in [0.15, 0.2) is 0 Å². The number of aromatic nitrogens is 2. The number of hydrogen-bond acceptors (Lipinski definition) is 8. The molecule has 0 aliphatic heterocycles. The van der Waals surface area contributed by atoms with Crippen LogP contribution >= 0.6 is 24.2 Å². The highest BCUT2D eigenvalue weighted by Crippen LogP contribution is 2.29. The zero-order valence-electron chi connectivity index (χ0n) is 18.6. The standard InChI is InChI=1S/C20H34N4O4S.ClH/c1-20(2,27-5)13-16(24(14-25)15-9-7-6-8-10-15)17(26)18-21-22-19(28-18)29-12-11-23(3)4;/h14-16H,6-13H2,1-5H3;1H.